The van der Waals surface area contributed by atoms with Gasteiger partial charge in [-0.3, -0.25) is 9.59 Å². The Morgan fingerprint density at radius 3 is 2.77 bits per heavy atom. The maximum Gasteiger partial charge on any atom is 0.416 e. The first kappa shape index (κ1) is 21.4. The molecule has 0 spiro atoms. The second-order valence-corrected chi connectivity index (χ2v) is 8.16. The number of alkyl halides is 3. The summed E-state index contributed by atoms with van der Waals surface area (Å²) in [6, 6.07) is 2.76. The van der Waals surface area contributed by atoms with Crippen molar-refractivity contribution in [1.82, 2.24) is 15.5 Å². The molecule has 166 valence electrons. The number of benzene rings is 1. The van der Waals surface area contributed by atoms with Crippen LogP contribution in [0.3, 0.4) is 0 Å². The van der Waals surface area contributed by atoms with E-state index >= 15 is 0 Å². The van der Waals surface area contributed by atoms with Crippen molar-refractivity contribution in [3.63, 3.8) is 0 Å². The SMILES string of the molecule is CN1C(=O)CCC2=C1CC(NC(=O)c1ccc(C(F)(F)F)cc1N[C@@H]1CCNC1)C=C2. The molecule has 1 aromatic carbocycles. The van der Waals surface area contributed by atoms with Gasteiger partial charge in [-0.2, -0.15) is 13.2 Å². The Kier molecular flexibility index (Phi) is 5.79. The Morgan fingerprint density at radius 1 is 1.26 bits per heavy atom. The smallest absolute Gasteiger partial charge is 0.380 e. The van der Waals surface area contributed by atoms with Crippen molar-refractivity contribution >= 4 is 17.5 Å². The highest BCUT2D eigenvalue weighted by Gasteiger charge is 2.33. The molecule has 2 atom stereocenters. The van der Waals surface area contributed by atoms with Gasteiger partial charge in [-0.05, 0) is 43.2 Å². The Hall–Kier alpha value is -2.81. The number of halogens is 3. The summed E-state index contributed by atoms with van der Waals surface area (Å²) < 4.78 is 39.7. The molecule has 2 amide bonds. The van der Waals surface area contributed by atoms with Crippen LogP contribution in [0.15, 0.2) is 41.6 Å². The Labute approximate surface area is 178 Å². The summed E-state index contributed by atoms with van der Waals surface area (Å²) in [5, 5.41) is 9.14. The molecule has 3 N–H and O–H groups in total. The van der Waals surface area contributed by atoms with Crippen LogP contribution in [0.1, 0.15) is 41.6 Å². The third kappa shape index (κ3) is 4.61. The molecule has 0 aromatic heterocycles. The average Bonchev–Trinajstić information content (AvgIpc) is 3.23. The van der Waals surface area contributed by atoms with E-state index in [2.05, 4.69) is 16.0 Å². The summed E-state index contributed by atoms with van der Waals surface area (Å²) in [7, 11) is 1.72. The molecule has 1 aliphatic carbocycles. The lowest BCUT2D eigenvalue weighted by Gasteiger charge is -2.33. The number of nitrogens with one attached hydrogen (secondary N) is 3. The molecule has 1 saturated heterocycles. The molecule has 1 aromatic rings. The van der Waals surface area contributed by atoms with Gasteiger partial charge in [0.25, 0.3) is 5.91 Å². The standard InChI is InChI=1S/C22H25F3N4O2/c1-29-19-11-15(5-2-13(19)3-7-20(29)30)28-21(31)17-6-4-14(22(23,24)25)10-18(17)27-16-8-9-26-12-16/h2,4-6,10,15-16,26-27H,3,7-9,11-12H2,1H3,(H,28,31)/t15?,16-/m1/s1. The number of rotatable bonds is 4. The fraction of sp³-hybridized carbons (Fsp3) is 0.455. The van der Waals surface area contributed by atoms with Crippen LogP contribution in [-0.4, -0.2) is 48.9 Å². The molecule has 3 aliphatic rings. The first-order chi connectivity index (χ1) is 14.7. The third-order valence-corrected chi connectivity index (χ3v) is 6.03. The lowest BCUT2D eigenvalue weighted by molar-refractivity contribution is -0.137. The van der Waals surface area contributed by atoms with Crippen LogP contribution in [0.4, 0.5) is 18.9 Å². The summed E-state index contributed by atoms with van der Waals surface area (Å²) in [6.45, 7) is 1.40. The largest absolute Gasteiger partial charge is 0.416 e. The van der Waals surface area contributed by atoms with Crippen LogP contribution in [-0.2, 0) is 11.0 Å². The highest BCUT2D eigenvalue weighted by atomic mass is 19.4. The summed E-state index contributed by atoms with van der Waals surface area (Å²) in [5.74, 6) is -0.413. The molecule has 0 bridgehead atoms. The lowest BCUT2D eigenvalue weighted by atomic mass is 9.92. The second-order valence-electron chi connectivity index (χ2n) is 8.16. The van der Waals surface area contributed by atoms with Crippen LogP contribution in [0, 0.1) is 0 Å². The molecule has 1 fully saturated rings. The van der Waals surface area contributed by atoms with Crippen LogP contribution >= 0.6 is 0 Å². The van der Waals surface area contributed by atoms with E-state index in [1.807, 2.05) is 12.2 Å². The first-order valence-corrected chi connectivity index (χ1v) is 10.4. The zero-order chi connectivity index (χ0) is 22.2. The quantitative estimate of drug-likeness (QED) is 0.681. The summed E-state index contributed by atoms with van der Waals surface area (Å²) in [4.78, 5) is 26.6. The van der Waals surface area contributed by atoms with E-state index in [4.69, 9.17) is 0 Å². The number of nitrogens with zero attached hydrogens (tertiary/aromatic N) is 1. The van der Waals surface area contributed by atoms with Gasteiger partial charge in [0.1, 0.15) is 0 Å². The van der Waals surface area contributed by atoms with Gasteiger partial charge in [0, 0.05) is 43.9 Å². The highest BCUT2D eigenvalue weighted by molar-refractivity contribution is 6.00. The molecular weight excluding hydrogens is 409 g/mol. The predicted molar refractivity (Wildman–Crippen MR) is 110 cm³/mol. The molecule has 2 heterocycles. The average molecular weight is 434 g/mol. The number of hydrogen-bond donors (Lipinski definition) is 3. The molecule has 4 rings (SSSR count). The Morgan fingerprint density at radius 2 is 2.06 bits per heavy atom. The molecule has 9 heteroatoms. The second kappa shape index (κ2) is 8.37. The summed E-state index contributed by atoms with van der Waals surface area (Å²) >= 11 is 0. The molecule has 1 unspecified atom stereocenters. The minimum Gasteiger partial charge on any atom is -0.380 e. The van der Waals surface area contributed by atoms with Crippen LogP contribution in [0.5, 0.6) is 0 Å². The molecule has 2 aliphatic heterocycles. The van der Waals surface area contributed by atoms with Gasteiger partial charge in [-0.25, -0.2) is 0 Å². The zero-order valence-electron chi connectivity index (χ0n) is 17.2. The molecular formula is C22H25F3N4O2. The molecule has 6 nitrogen and oxygen atoms in total. The van der Waals surface area contributed by atoms with E-state index in [0.29, 0.717) is 25.8 Å². The van der Waals surface area contributed by atoms with Gasteiger partial charge < -0.3 is 20.9 Å². The van der Waals surface area contributed by atoms with Gasteiger partial charge in [0.15, 0.2) is 0 Å². The normalized spacial score (nSPS) is 23.7. The van der Waals surface area contributed by atoms with Crippen molar-refractivity contribution in [3.05, 3.63) is 52.7 Å². The Balaban J connectivity index is 1.53. The lowest BCUT2D eigenvalue weighted by Crippen LogP contribution is -2.40. The van der Waals surface area contributed by atoms with E-state index in [9.17, 15) is 22.8 Å². The van der Waals surface area contributed by atoms with E-state index < -0.39 is 17.6 Å². The minimum absolute atomic E-state index is 0.0403. The number of carbonyl (C=O) groups excluding carboxylic acids is 2. The van der Waals surface area contributed by atoms with Crippen LogP contribution < -0.4 is 16.0 Å². The minimum atomic E-state index is -4.49. The van der Waals surface area contributed by atoms with Gasteiger partial charge in [-0.15, -0.1) is 0 Å². The van der Waals surface area contributed by atoms with Gasteiger partial charge in [0.05, 0.1) is 17.2 Å². The highest BCUT2D eigenvalue weighted by Crippen LogP contribution is 2.33. The van der Waals surface area contributed by atoms with Crippen molar-refractivity contribution in [2.45, 2.75) is 43.9 Å². The maximum absolute atomic E-state index is 13.2. The van der Waals surface area contributed by atoms with Crippen molar-refractivity contribution in [2.24, 2.45) is 0 Å². The van der Waals surface area contributed by atoms with Crippen molar-refractivity contribution in [3.8, 4) is 0 Å². The predicted octanol–water partition coefficient (Wildman–Crippen LogP) is 3.04. The fourth-order valence-electron chi connectivity index (χ4n) is 4.26. The number of amides is 2. The zero-order valence-corrected chi connectivity index (χ0v) is 17.2. The van der Waals surface area contributed by atoms with Crippen LogP contribution in [0.25, 0.3) is 0 Å². The number of anilines is 1. The monoisotopic (exact) mass is 434 g/mol. The van der Waals surface area contributed by atoms with E-state index in [1.165, 1.54) is 6.07 Å². The molecule has 0 radical (unpaired) electrons. The maximum atomic E-state index is 13.2. The summed E-state index contributed by atoms with van der Waals surface area (Å²) in [6.07, 6.45) is 1.68. The van der Waals surface area contributed by atoms with Crippen LogP contribution in [0.2, 0.25) is 0 Å². The molecule has 31 heavy (non-hydrogen) atoms. The first-order valence-electron chi connectivity index (χ1n) is 10.4. The van der Waals surface area contributed by atoms with E-state index in [-0.39, 0.29) is 29.2 Å². The number of carbonyl (C=O) groups is 2. The van der Waals surface area contributed by atoms with E-state index in [0.717, 1.165) is 36.4 Å². The van der Waals surface area contributed by atoms with Crippen molar-refractivity contribution in [2.75, 3.05) is 25.5 Å². The summed E-state index contributed by atoms with van der Waals surface area (Å²) in [5.41, 5.74) is 1.50. The Bertz CT molecular complexity index is 949. The number of hydrogen-bond acceptors (Lipinski definition) is 4. The van der Waals surface area contributed by atoms with E-state index in [1.54, 1.807) is 11.9 Å². The van der Waals surface area contributed by atoms with Gasteiger partial charge in [0.2, 0.25) is 5.91 Å². The topological polar surface area (TPSA) is 73.5 Å². The number of allylic oxidation sites excluding steroid dienone is 2. The van der Waals surface area contributed by atoms with Crippen molar-refractivity contribution in [1.29, 1.82) is 0 Å². The third-order valence-electron chi connectivity index (χ3n) is 6.03. The van der Waals surface area contributed by atoms with Gasteiger partial charge in [-0.1, -0.05) is 12.2 Å². The van der Waals surface area contributed by atoms with Gasteiger partial charge >= 0.3 is 6.18 Å². The molecule has 0 saturated carbocycles. The van der Waals surface area contributed by atoms with Crippen molar-refractivity contribution < 1.29 is 22.8 Å². The fourth-order valence-corrected chi connectivity index (χ4v) is 4.26.